The molecule has 1 aromatic heterocycles. The average molecular weight is 365 g/mol. The topological polar surface area (TPSA) is 101 Å². The molecule has 1 atom stereocenters. The number of hydrogen-bond donors (Lipinski definition) is 2. The zero-order valence-electron chi connectivity index (χ0n) is 14.5. The van der Waals surface area contributed by atoms with Crippen LogP contribution in [-0.2, 0) is 31.7 Å². The monoisotopic (exact) mass is 365 g/mol. The Balaban J connectivity index is 2.15. The second-order valence-corrected chi connectivity index (χ2v) is 8.48. The van der Waals surface area contributed by atoms with E-state index in [-0.39, 0.29) is 12.2 Å². The molecule has 0 amide bonds. The molecule has 2 rings (SSSR count). The van der Waals surface area contributed by atoms with Crippen LogP contribution in [0.4, 0.5) is 0 Å². The van der Waals surface area contributed by atoms with Crippen LogP contribution in [0.2, 0.25) is 0 Å². The zero-order chi connectivity index (χ0) is 18.5. The SMILES string of the molecule is CC(C)(C)OC(=O)[C@H](Cc1cnc[nH]1)NS(=O)(=O)Cc1ccccc1. The van der Waals surface area contributed by atoms with E-state index < -0.39 is 27.6 Å². The van der Waals surface area contributed by atoms with Crippen molar-refractivity contribution in [2.45, 2.75) is 44.6 Å². The molecule has 0 saturated heterocycles. The van der Waals surface area contributed by atoms with Crippen molar-refractivity contribution in [3.63, 3.8) is 0 Å². The van der Waals surface area contributed by atoms with Crippen molar-refractivity contribution in [3.8, 4) is 0 Å². The molecule has 0 aliphatic heterocycles. The van der Waals surface area contributed by atoms with Gasteiger partial charge < -0.3 is 9.72 Å². The lowest BCUT2D eigenvalue weighted by atomic mass is 10.1. The molecule has 0 aliphatic rings. The molecule has 0 radical (unpaired) electrons. The number of H-pyrrole nitrogens is 1. The Hall–Kier alpha value is -2.19. The van der Waals surface area contributed by atoms with E-state index in [0.29, 0.717) is 11.3 Å². The van der Waals surface area contributed by atoms with Gasteiger partial charge >= 0.3 is 5.97 Å². The van der Waals surface area contributed by atoms with Gasteiger partial charge in [-0.1, -0.05) is 30.3 Å². The Morgan fingerprint density at radius 1 is 1.28 bits per heavy atom. The largest absolute Gasteiger partial charge is 0.459 e. The van der Waals surface area contributed by atoms with Gasteiger partial charge in [-0.05, 0) is 26.3 Å². The highest BCUT2D eigenvalue weighted by molar-refractivity contribution is 7.88. The van der Waals surface area contributed by atoms with Gasteiger partial charge in [0, 0.05) is 18.3 Å². The lowest BCUT2D eigenvalue weighted by Gasteiger charge is -2.24. The smallest absolute Gasteiger partial charge is 0.325 e. The van der Waals surface area contributed by atoms with Gasteiger partial charge in [0.1, 0.15) is 11.6 Å². The maximum atomic E-state index is 12.5. The number of aromatic amines is 1. The molecule has 0 fully saturated rings. The number of rotatable bonds is 7. The predicted octanol–water partition coefficient (Wildman–Crippen LogP) is 1.78. The number of carbonyl (C=O) groups excluding carboxylic acids is 1. The first-order valence-corrected chi connectivity index (χ1v) is 9.54. The van der Waals surface area contributed by atoms with E-state index in [9.17, 15) is 13.2 Å². The molecule has 0 spiro atoms. The van der Waals surface area contributed by atoms with Crippen LogP contribution in [-0.4, -0.2) is 36.0 Å². The van der Waals surface area contributed by atoms with Gasteiger partial charge in [0.15, 0.2) is 0 Å². The van der Waals surface area contributed by atoms with Gasteiger partial charge in [-0.3, -0.25) is 4.79 Å². The van der Waals surface area contributed by atoms with Crippen LogP contribution in [0.3, 0.4) is 0 Å². The quantitative estimate of drug-likeness (QED) is 0.729. The van der Waals surface area contributed by atoms with Crippen LogP contribution >= 0.6 is 0 Å². The number of nitrogens with one attached hydrogen (secondary N) is 2. The van der Waals surface area contributed by atoms with Gasteiger partial charge in [-0.2, -0.15) is 0 Å². The number of nitrogens with zero attached hydrogens (tertiary/aromatic N) is 1. The van der Waals surface area contributed by atoms with Gasteiger partial charge in [-0.25, -0.2) is 18.1 Å². The fraction of sp³-hybridized carbons (Fsp3) is 0.412. The number of ether oxygens (including phenoxy) is 1. The minimum atomic E-state index is -3.72. The standard InChI is InChI=1S/C17H23N3O4S/c1-17(2,3)24-16(21)15(9-14-10-18-12-19-14)20-25(22,23)11-13-7-5-4-6-8-13/h4-8,10,12,15,20H,9,11H2,1-3H3,(H,18,19)/t15-/m0/s1. The summed E-state index contributed by atoms with van der Waals surface area (Å²) in [7, 11) is -3.72. The van der Waals surface area contributed by atoms with Crippen molar-refractivity contribution in [2.24, 2.45) is 0 Å². The van der Waals surface area contributed by atoms with Crippen LogP contribution < -0.4 is 4.72 Å². The molecule has 1 heterocycles. The van der Waals surface area contributed by atoms with Crippen LogP contribution in [0.1, 0.15) is 32.0 Å². The van der Waals surface area contributed by atoms with Crippen LogP contribution in [0.15, 0.2) is 42.9 Å². The van der Waals surface area contributed by atoms with Gasteiger partial charge in [-0.15, -0.1) is 0 Å². The number of carbonyl (C=O) groups is 1. The second kappa shape index (κ2) is 7.79. The summed E-state index contributed by atoms with van der Waals surface area (Å²) in [5.41, 5.74) is 0.562. The Kier molecular flexibility index (Phi) is 5.97. The lowest BCUT2D eigenvalue weighted by molar-refractivity contribution is -0.156. The highest BCUT2D eigenvalue weighted by atomic mass is 32.2. The molecule has 7 nitrogen and oxygen atoms in total. The Morgan fingerprint density at radius 2 is 1.96 bits per heavy atom. The molecule has 8 heteroatoms. The molecule has 0 unspecified atom stereocenters. The Bertz CT molecular complexity index is 781. The van der Waals surface area contributed by atoms with E-state index in [0.717, 1.165) is 0 Å². The lowest BCUT2D eigenvalue weighted by Crippen LogP contribution is -2.45. The molecular weight excluding hydrogens is 342 g/mol. The summed E-state index contributed by atoms with van der Waals surface area (Å²) < 4.78 is 32.7. The maximum Gasteiger partial charge on any atom is 0.325 e. The highest BCUT2D eigenvalue weighted by Gasteiger charge is 2.29. The van der Waals surface area contributed by atoms with Crippen molar-refractivity contribution in [1.29, 1.82) is 0 Å². The summed E-state index contributed by atoms with van der Waals surface area (Å²) in [5.74, 6) is -0.838. The van der Waals surface area contributed by atoms with Crippen LogP contribution in [0.5, 0.6) is 0 Å². The molecule has 0 aliphatic carbocycles. The van der Waals surface area contributed by atoms with E-state index in [2.05, 4.69) is 14.7 Å². The van der Waals surface area contributed by atoms with Gasteiger partial charge in [0.2, 0.25) is 10.0 Å². The van der Waals surface area contributed by atoms with E-state index >= 15 is 0 Å². The van der Waals surface area contributed by atoms with Crippen molar-refractivity contribution in [2.75, 3.05) is 0 Å². The molecule has 1 aromatic carbocycles. The van der Waals surface area contributed by atoms with Gasteiger partial charge in [0.25, 0.3) is 0 Å². The van der Waals surface area contributed by atoms with Crippen molar-refractivity contribution < 1.29 is 17.9 Å². The van der Waals surface area contributed by atoms with E-state index in [1.54, 1.807) is 51.2 Å². The minimum absolute atomic E-state index is 0.128. The fourth-order valence-corrected chi connectivity index (χ4v) is 3.54. The summed E-state index contributed by atoms with van der Waals surface area (Å²) >= 11 is 0. The Labute approximate surface area is 147 Å². The average Bonchev–Trinajstić information content (AvgIpc) is 2.98. The van der Waals surface area contributed by atoms with Crippen molar-refractivity contribution in [3.05, 3.63) is 54.1 Å². The number of benzene rings is 1. The first-order chi connectivity index (χ1) is 11.6. The second-order valence-electron chi connectivity index (χ2n) is 6.73. The normalized spacial score (nSPS) is 13.4. The molecule has 136 valence electrons. The molecular formula is C17H23N3O4S. The Morgan fingerprint density at radius 3 is 2.52 bits per heavy atom. The summed E-state index contributed by atoms with van der Waals surface area (Å²) in [6, 6.07) is 7.74. The van der Waals surface area contributed by atoms with Crippen LogP contribution in [0.25, 0.3) is 0 Å². The third-order valence-electron chi connectivity index (χ3n) is 3.19. The molecule has 0 bridgehead atoms. The first-order valence-electron chi connectivity index (χ1n) is 7.89. The highest BCUT2D eigenvalue weighted by Crippen LogP contribution is 2.12. The summed E-state index contributed by atoms with van der Waals surface area (Å²) in [4.78, 5) is 19.2. The summed E-state index contributed by atoms with van der Waals surface area (Å²) in [6.07, 6.45) is 3.14. The number of sulfonamides is 1. The molecule has 25 heavy (non-hydrogen) atoms. The third kappa shape index (κ3) is 6.67. The first kappa shape index (κ1) is 19.1. The third-order valence-corrected chi connectivity index (χ3v) is 4.55. The van der Waals surface area contributed by atoms with Crippen molar-refractivity contribution >= 4 is 16.0 Å². The minimum Gasteiger partial charge on any atom is -0.459 e. The van der Waals surface area contributed by atoms with Crippen molar-refractivity contribution in [1.82, 2.24) is 14.7 Å². The number of hydrogen-bond acceptors (Lipinski definition) is 5. The zero-order valence-corrected chi connectivity index (χ0v) is 15.3. The van der Waals surface area contributed by atoms with E-state index in [1.165, 1.54) is 6.33 Å². The molecule has 0 saturated carbocycles. The van der Waals surface area contributed by atoms with E-state index in [4.69, 9.17) is 4.74 Å². The predicted molar refractivity (Wildman–Crippen MR) is 94.1 cm³/mol. The molecule has 2 aromatic rings. The summed E-state index contributed by atoms with van der Waals surface area (Å²) in [6.45, 7) is 5.20. The summed E-state index contributed by atoms with van der Waals surface area (Å²) in [5, 5.41) is 0. The molecule has 2 N–H and O–H groups in total. The number of imidazole rings is 1. The fourth-order valence-electron chi connectivity index (χ4n) is 2.21. The number of esters is 1. The number of aromatic nitrogens is 2. The van der Waals surface area contributed by atoms with E-state index in [1.807, 2.05) is 6.07 Å². The van der Waals surface area contributed by atoms with Crippen LogP contribution in [0, 0.1) is 0 Å². The van der Waals surface area contributed by atoms with Gasteiger partial charge in [0.05, 0.1) is 12.1 Å². The maximum absolute atomic E-state index is 12.5.